The van der Waals surface area contributed by atoms with E-state index in [1.54, 1.807) is 23.1 Å². The summed E-state index contributed by atoms with van der Waals surface area (Å²) in [6.45, 7) is 9.28. The van der Waals surface area contributed by atoms with Gasteiger partial charge in [0.05, 0.1) is 0 Å². The van der Waals surface area contributed by atoms with E-state index in [-0.39, 0.29) is 30.6 Å². The molecule has 0 saturated carbocycles. The zero-order chi connectivity index (χ0) is 17.6. The summed E-state index contributed by atoms with van der Waals surface area (Å²) in [7, 11) is 0. The molecule has 3 N–H and O–H groups in total. The van der Waals surface area contributed by atoms with Gasteiger partial charge in [-0.25, -0.2) is 4.98 Å². The van der Waals surface area contributed by atoms with Crippen molar-refractivity contribution in [2.45, 2.75) is 44.4 Å². The highest BCUT2D eigenvalue weighted by molar-refractivity contribution is 14.0. The molecule has 0 aliphatic heterocycles. The number of rotatable bonds is 12. The Morgan fingerprint density at radius 3 is 2.80 bits per heavy atom. The third-order valence-corrected chi connectivity index (χ3v) is 5.49. The van der Waals surface area contributed by atoms with Crippen LogP contribution in [-0.2, 0) is 0 Å². The van der Waals surface area contributed by atoms with Crippen LogP contribution < -0.4 is 10.6 Å². The fourth-order valence-corrected chi connectivity index (χ4v) is 4.06. The predicted molar refractivity (Wildman–Crippen MR) is 121 cm³/mol. The van der Waals surface area contributed by atoms with Gasteiger partial charge in [-0.2, -0.15) is 0 Å². The van der Waals surface area contributed by atoms with Crippen molar-refractivity contribution in [2.75, 3.05) is 32.0 Å². The number of hydrogen-bond donors (Lipinski definition) is 3. The minimum atomic E-state index is 0. The maximum absolute atomic E-state index is 9.21. The second-order valence-electron chi connectivity index (χ2n) is 6.15. The van der Waals surface area contributed by atoms with Crippen molar-refractivity contribution >= 4 is 53.0 Å². The smallest absolute Gasteiger partial charge is 0.191 e. The van der Waals surface area contributed by atoms with Crippen LogP contribution in [0.1, 0.15) is 40.0 Å². The second-order valence-corrected chi connectivity index (χ2v) is 8.39. The molecule has 1 heterocycles. The van der Waals surface area contributed by atoms with E-state index >= 15 is 0 Å². The lowest BCUT2D eigenvalue weighted by atomic mass is 9.94. The number of thioether (sulfide) groups is 1. The van der Waals surface area contributed by atoms with E-state index in [2.05, 4.69) is 36.4 Å². The molecular formula is C17H33IN4OS2. The first-order chi connectivity index (χ1) is 11.7. The van der Waals surface area contributed by atoms with Crippen molar-refractivity contribution in [3.63, 3.8) is 0 Å². The van der Waals surface area contributed by atoms with Gasteiger partial charge in [0.1, 0.15) is 4.34 Å². The number of hydrogen-bond acceptors (Lipinski definition) is 5. The van der Waals surface area contributed by atoms with Crippen LogP contribution in [0, 0.1) is 11.8 Å². The fourth-order valence-electron chi connectivity index (χ4n) is 2.42. The van der Waals surface area contributed by atoms with Crippen molar-refractivity contribution in [3.05, 3.63) is 11.6 Å². The summed E-state index contributed by atoms with van der Waals surface area (Å²) in [6, 6.07) is 0. The highest BCUT2D eigenvalue weighted by Gasteiger charge is 2.10. The Bertz CT molecular complexity index is 444. The van der Waals surface area contributed by atoms with Crippen LogP contribution in [0.2, 0.25) is 0 Å². The van der Waals surface area contributed by atoms with Crippen LogP contribution in [0.25, 0.3) is 0 Å². The number of aromatic nitrogens is 1. The van der Waals surface area contributed by atoms with Gasteiger partial charge in [0.25, 0.3) is 0 Å². The van der Waals surface area contributed by atoms with Gasteiger partial charge in [-0.1, -0.05) is 25.6 Å². The lowest BCUT2D eigenvalue weighted by Gasteiger charge is -2.17. The number of aliphatic hydroxyl groups excluding tert-OH is 1. The maximum atomic E-state index is 9.21. The van der Waals surface area contributed by atoms with Crippen LogP contribution in [0.3, 0.4) is 0 Å². The summed E-state index contributed by atoms with van der Waals surface area (Å²) in [6.07, 6.45) is 4.85. The largest absolute Gasteiger partial charge is 0.396 e. The number of aliphatic imine (C=N–C) groups is 1. The summed E-state index contributed by atoms with van der Waals surface area (Å²) in [5, 5.41) is 17.9. The Balaban J connectivity index is 0.00000576. The van der Waals surface area contributed by atoms with Gasteiger partial charge >= 0.3 is 0 Å². The molecular weight excluding hydrogens is 467 g/mol. The molecule has 1 aromatic rings. The molecule has 0 spiro atoms. The Hall–Kier alpha value is -0.0600. The highest BCUT2D eigenvalue weighted by Crippen LogP contribution is 2.20. The number of halogens is 1. The van der Waals surface area contributed by atoms with Crippen molar-refractivity contribution in [1.82, 2.24) is 15.6 Å². The average Bonchev–Trinajstić information content (AvgIpc) is 3.05. The molecule has 0 amide bonds. The molecule has 1 aromatic heterocycles. The summed E-state index contributed by atoms with van der Waals surface area (Å²) in [5.41, 5.74) is 0. The van der Waals surface area contributed by atoms with E-state index in [4.69, 9.17) is 4.99 Å². The number of nitrogens with zero attached hydrogens (tertiary/aromatic N) is 2. The molecule has 0 radical (unpaired) electrons. The molecule has 0 aliphatic carbocycles. The second kappa shape index (κ2) is 16.1. The van der Waals surface area contributed by atoms with Crippen molar-refractivity contribution in [2.24, 2.45) is 16.8 Å². The van der Waals surface area contributed by atoms with Gasteiger partial charge in [-0.05, 0) is 38.0 Å². The average molecular weight is 501 g/mol. The van der Waals surface area contributed by atoms with Crippen LogP contribution in [0.4, 0.5) is 0 Å². The first-order valence-corrected chi connectivity index (χ1v) is 10.7. The van der Waals surface area contributed by atoms with Crippen molar-refractivity contribution < 1.29 is 5.11 Å². The number of nitrogens with one attached hydrogen (secondary N) is 2. The molecule has 0 fully saturated rings. The lowest BCUT2D eigenvalue weighted by Crippen LogP contribution is -2.38. The van der Waals surface area contributed by atoms with Gasteiger partial charge in [-0.15, -0.1) is 35.3 Å². The zero-order valence-corrected chi connectivity index (χ0v) is 19.5. The van der Waals surface area contributed by atoms with Gasteiger partial charge in [0.2, 0.25) is 0 Å². The number of thiazole rings is 1. The monoisotopic (exact) mass is 500 g/mol. The number of aliphatic hydroxyl groups is 1. The lowest BCUT2D eigenvalue weighted by molar-refractivity contribution is 0.245. The maximum Gasteiger partial charge on any atom is 0.191 e. The minimum absolute atomic E-state index is 0. The first kappa shape index (κ1) is 24.9. The molecule has 146 valence electrons. The van der Waals surface area contributed by atoms with Crippen LogP contribution in [0.5, 0.6) is 0 Å². The Morgan fingerprint density at radius 1 is 1.40 bits per heavy atom. The SMILES string of the molecule is CCNC(=NCC(CCO)CC(C)C)NCCCSc1nccs1.I. The van der Waals surface area contributed by atoms with E-state index in [9.17, 15) is 5.11 Å². The molecule has 0 saturated heterocycles. The van der Waals surface area contributed by atoms with Crippen LogP contribution >= 0.6 is 47.1 Å². The Morgan fingerprint density at radius 2 is 2.20 bits per heavy atom. The van der Waals surface area contributed by atoms with E-state index in [1.807, 2.05) is 11.6 Å². The third kappa shape index (κ3) is 12.9. The summed E-state index contributed by atoms with van der Waals surface area (Å²) in [4.78, 5) is 8.97. The van der Waals surface area contributed by atoms with Crippen LogP contribution in [-0.4, -0.2) is 48.0 Å². The predicted octanol–water partition coefficient (Wildman–Crippen LogP) is 3.84. The van der Waals surface area contributed by atoms with Gasteiger partial charge < -0.3 is 15.7 Å². The highest BCUT2D eigenvalue weighted by atomic mass is 127. The molecule has 8 heteroatoms. The standard InChI is InChI=1S/C17H32N4OS2.HI/c1-4-18-16(21-13-15(6-9-22)12-14(2)3)19-7-5-10-23-17-20-8-11-24-17;/h8,11,14-15,22H,4-7,9-10,12-13H2,1-3H3,(H2,18,19,21);1H. The summed E-state index contributed by atoms with van der Waals surface area (Å²) >= 11 is 3.49. The molecule has 5 nitrogen and oxygen atoms in total. The molecule has 0 aromatic carbocycles. The van der Waals surface area contributed by atoms with Gasteiger partial charge in [0.15, 0.2) is 5.96 Å². The van der Waals surface area contributed by atoms with Gasteiger partial charge in [-0.3, -0.25) is 4.99 Å². The quantitative estimate of drug-likeness (QED) is 0.134. The summed E-state index contributed by atoms with van der Waals surface area (Å²) in [5.74, 6) is 3.02. The number of guanidine groups is 1. The first-order valence-electron chi connectivity index (χ1n) is 8.81. The molecule has 0 bridgehead atoms. The fraction of sp³-hybridized carbons (Fsp3) is 0.765. The molecule has 0 aliphatic rings. The molecule has 1 unspecified atom stereocenters. The normalized spacial score (nSPS) is 12.8. The van der Waals surface area contributed by atoms with E-state index in [1.165, 1.54) is 0 Å². The van der Waals surface area contributed by atoms with E-state index in [0.717, 1.165) is 54.9 Å². The van der Waals surface area contributed by atoms with E-state index < -0.39 is 0 Å². The zero-order valence-electron chi connectivity index (χ0n) is 15.5. The molecule has 25 heavy (non-hydrogen) atoms. The molecule has 1 atom stereocenters. The van der Waals surface area contributed by atoms with Crippen molar-refractivity contribution in [3.8, 4) is 0 Å². The summed E-state index contributed by atoms with van der Waals surface area (Å²) < 4.78 is 1.14. The van der Waals surface area contributed by atoms with Crippen LogP contribution in [0.15, 0.2) is 20.9 Å². The topological polar surface area (TPSA) is 69.5 Å². The van der Waals surface area contributed by atoms with Crippen molar-refractivity contribution in [1.29, 1.82) is 0 Å². The minimum Gasteiger partial charge on any atom is -0.396 e. The van der Waals surface area contributed by atoms with Gasteiger partial charge in [0, 0.05) is 43.6 Å². The Labute approximate surface area is 177 Å². The van der Waals surface area contributed by atoms with E-state index in [0.29, 0.717) is 11.8 Å². The third-order valence-electron chi connectivity index (χ3n) is 3.44. The Kier molecular flexibility index (Phi) is 16.1. The molecule has 1 rings (SSSR count).